The molecule has 2 aliphatic rings. The SMILES string of the molecule is CCON(CCCCOC(=O)CC(c1ccccc1)c1cc(C)ccc1O)C1C2CNCC21. The average molecular weight is 453 g/mol. The lowest BCUT2D eigenvalue weighted by atomic mass is 9.87. The summed E-state index contributed by atoms with van der Waals surface area (Å²) >= 11 is 0. The summed E-state index contributed by atoms with van der Waals surface area (Å²) in [6.45, 7) is 8.16. The number of nitrogens with zero attached hydrogens (tertiary/aromatic N) is 1. The van der Waals surface area contributed by atoms with Gasteiger partial charge in [-0.3, -0.25) is 9.63 Å². The van der Waals surface area contributed by atoms with Gasteiger partial charge in [-0.2, -0.15) is 5.06 Å². The molecule has 3 atom stereocenters. The number of phenolic OH excluding ortho intramolecular Hbond substituents is 1. The number of benzene rings is 2. The second-order valence-corrected chi connectivity index (χ2v) is 9.19. The van der Waals surface area contributed by atoms with Gasteiger partial charge in [0, 0.05) is 24.1 Å². The molecule has 2 aromatic carbocycles. The first-order valence-electron chi connectivity index (χ1n) is 12.2. The van der Waals surface area contributed by atoms with Crippen molar-refractivity contribution in [2.75, 3.05) is 32.8 Å². The monoisotopic (exact) mass is 452 g/mol. The van der Waals surface area contributed by atoms with Crippen LogP contribution in [0.1, 0.15) is 48.8 Å². The van der Waals surface area contributed by atoms with E-state index in [4.69, 9.17) is 9.57 Å². The maximum atomic E-state index is 12.7. The molecule has 2 aromatic rings. The van der Waals surface area contributed by atoms with Gasteiger partial charge in [-0.25, -0.2) is 0 Å². The highest BCUT2D eigenvalue weighted by atomic mass is 16.7. The highest BCUT2D eigenvalue weighted by Crippen LogP contribution is 2.45. The molecular formula is C27H36N2O4. The van der Waals surface area contributed by atoms with Crippen LogP contribution in [0.4, 0.5) is 0 Å². The lowest BCUT2D eigenvalue weighted by Crippen LogP contribution is -2.34. The number of aromatic hydroxyl groups is 1. The van der Waals surface area contributed by atoms with Crippen molar-refractivity contribution in [1.82, 2.24) is 10.4 Å². The minimum absolute atomic E-state index is 0.199. The quantitative estimate of drug-likeness (QED) is 0.288. The molecule has 2 fully saturated rings. The van der Waals surface area contributed by atoms with Gasteiger partial charge < -0.3 is 15.2 Å². The molecule has 1 aliphatic heterocycles. The topological polar surface area (TPSA) is 71.0 Å². The van der Waals surface area contributed by atoms with E-state index in [9.17, 15) is 9.90 Å². The van der Waals surface area contributed by atoms with E-state index in [1.165, 1.54) is 0 Å². The van der Waals surface area contributed by atoms with Gasteiger partial charge in [0.2, 0.25) is 0 Å². The fourth-order valence-electron chi connectivity index (χ4n) is 5.11. The first-order chi connectivity index (χ1) is 16.1. The predicted molar refractivity (Wildman–Crippen MR) is 128 cm³/mol. The highest BCUT2D eigenvalue weighted by molar-refractivity contribution is 5.72. The van der Waals surface area contributed by atoms with Crippen LogP contribution in [0.15, 0.2) is 48.5 Å². The Morgan fingerprint density at radius 1 is 1.15 bits per heavy atom. The Balaban J connectivity index is 1.27. The van der Waals surface area contributed by atoms with Crippen molar-refractivity contribution in [1.29, 1.82) is 0 Å². The van der Waals surface area contributed by atoms with Crippen LogP contribution in [-0.2, 0) is 14.4 Å². The molecule has 2 N–H and O–H groups in total. The number of fused-ring (bicyclic) bond motifs is 1. The molecule has 0 spiro atoms. The van der Waals surface area contributed by atoms with Crippen molar-refractivity contribution in [2.24, 2.45) is 11.8 Å². The number of piperidine rings is 1. The van der Waals surface area contributed by atoms with E-state index in [1.54, 1.807) is 6.07 Å². The fourth-order valence-corrected chi connectivity index (χ4v) is 5.11. The number of esters is 1. The molecule has 3 unspecified atom stereocenters. The van der Waals surface area contributed by atoms with Crippen molar-refractivity contribution in [3.8, 4) is 5.75 Å². The number of carbonyl (C=O) groups excluding carboxylic acids is 1. The second kappa shape index (κ2) is 11.1. The third-order valence-electron chi connectivity index (χ3n) is 6.84. The summed E-state index contributed by atoms with van der Waals surface area (Å²) in [4.78, 5) is 18.6. The molecule has 6 nitrogen and oxygen atoms in total. The maximum Gasteiger partial charge on any atom is 0.306 e. The summed E-state index contributed by atoms with van der Waals surface area (Å²) in [5.41, 5.74) is 2.80. The predicted octanol–water partition coefficient (Wildman–Crippen LogP) is 4.02. The molecule has 1 saturated carbocycles. The minimum atomic E-state index is -0.241. The van der Waals surface area contributed by atoms with Crippen LogP contribution in [0.2, 0.25) is 0 Å². The minimum Gasteiger partial charge on any atom is -0.508 e. The standard InChI is InChI=1S/C27H36N2O4/c1-3-33-29(27-23-17-28-18-24(23)27)13-7-8-14-32-26(31)16-21(20-9-5-4-6-10-20)22-15-19(2)11-12-25(22)30/h4-6,9-12,15,21,23-24,27-28,30H,3,7-8,13-14,16-18H2,1-2H3. The second-order valence-electron chi connectivity index (χ2n) is 9.19. The summed E-state index contributed by atoms with van der Waals surface area (Å²) in [6, 6.07) is 15.9. The summed E-state index contributed by atoms with van der Waals surface area (Å²) in [5.74, 6) is 1.17. The lowest BCUT2D eigenvalue weighted by molar-refractivity contribution is -0.169. The molecular weight excluding hydrogens is 416 g/mol. The number of aryl methyl sites for hydroxylation is 1. The van der Waals surface area contributed by atoms with Crippen molar-refractivity contribution >= 4 is 5.97 Å². The fraction of sp³-hybridized carbons (Fsp3) is 0.519. The lowest BCUT2D eigenvalue weighted by Gasteiger charge is -2.23. The van der Waals surface area contributed by atoms with Gasteiger partial charge in [0.05, 0.1) is 19.6 Å². The van der Waals surface area contributed by atoms with Crippen molar-refractivity contribution in [3.63, 3.8) is 0 Å². The summed E-state index contributed by atoms with van der Waals surface area (Å²) in [7, 11) is 0. The molecule has 1 aliphatic carbocycles. The summed E-state index contributed by atoms with van der Waals surface area (Å²) in [5, 5.41) is 16.0. The van der Waals surface area contributed by atoms with Gasteiger partial charge in [0.25, 0.3) is 0 Å². The normalized spacial score (nSPS) is 22.2. The molecule has 0 aromatic heterocycles. The van der Waals surface area contributed by atoms with Crippen LogP contribution < -0.4 is 5.32 Å². The Hall–Kier alpha value is -2.41. The molecule has 6 heteroatoms. The number of rotatable bonds is 12. The number of hydrogen-bond acceptors (Lipinski definition) is 6. The molecule has 1 heterocycles. The number of ether oxygens (including phenoxy) is 1. The Kier molecular flexibility index (Phi) is 8.02. The number of nitrogens with one attached hydrogen (secondary N) is 1. The number of hydroxylamine groups is 2. The van der Waals surface area contributed by atoms with E-state index in [2.05, 4.69) is 10.4 Å². The van der Waals surface area contributed by atoms with Gasteiger partial charge in [0.1, 0.15) is 5.75 Å². The largest absolute Gasteiger partial charge is 0.508 e. The van der Waals surface area contributed by atoms with Crippen LogP contribution in [-0.4, -0.2) is 55.0 Å². The highest BCUT2D eigenvalue weighted by Gasteiger charge is 2.56. The van der Waals surface area contributed by atoms with E-state index >= 15 is 0 Å². The molecule has 4 rings (SSSR count). The zero-order valence-electron chi connectivity index (χ0n) is 19.7. The van der Waals surface area contributed by atoms with Crippen LogP contribution in [0, 0.1) is 18.8 Å². The average Bonchev–Trinajstić information content (AvgIpc) is 3.28. The van der Waals surface area contributed by atoms with E-state index in [-0.39, 0.29) is 24.1 Å². The summed E-state index contributed by atoms with van der Waals surface area (Å²) in [6.07, 6.45) is 1.93. The van der Waals surface area contributed by atoms with Crippen molar-refractivity contribution in [2.45, 2.75) is 45.1 Å². The smallest absolute Gasteiger partial charge is 0.306 e. The van der Waals surface area contributed by atoms with Gasteiger partial charge >= 0.3 is 5.97 Å². The van der Waals surface area contributed by atoms with Gasteiger partial charge in [-0.15, -0.1) is 0 Å². The molecule has 0 radical (unpaired) electrons. The maximum absolute atomic E-state index is 12.7. The van der Waals surface area contributed by atoms with Crippen LogP contribution >= 0.6 is 0 Å². The Morgan fingerprint density at radius 2 is 1.91 bits per heavy atom. The van der Waals surface area contributed by atoms with E-state index in [0.29, 0.717) is 19.3 Å². The summed E-state index contributed by atoms with van der Waals surface area (Å²) < 4.78 is 5.59. The van der Waals surface area contributed by atoms with E-state index < -0.39 is 0 Å². The third-order valence-corrected chi connectivity index (χ3v) is 6.84. The van der Waals surface area contributed by atoms with Crippen LogP contribution in [0.25, 0.3) is 0 Å². The zero-order valence-corrected chi connectivity index (χ0v) is 19.7. The number of unbranched alkanes of at least 4 members (excludes halogenated alkanes) is 1. The van der Waals surface area contributed by atoms with Gasteiger partial charge in [0.15, 0.2) is 0 Å². The Bertz CT molecular complexity index is 910. The first kappa shape index (κ1) is 23.7. The Morgan fingerprint density at radius 3 is 2.64 bits per heavy atom. The number of hydrogen-bond donors (Lipinski definition) is 2. The Labute approximate surface area is 196 Å². The molecule has 178 valence electrons. The van der Waals surface area contributed by atoms with Crippen LogP contribution in [0.5, 0.6) is 5.75 Å². The third kappa shape index (κ3) is 5.94. The molecule has 1 saturated heterocycles. The molecule has 0 amide bonds. The number of phenols is 1. The van der Waals surface area contributed by atoms with Gasteiger partial charge in [-0.1, -0.05) is 48.0 Å². The van der Waals surface area contributed by atoms with Crippen molar-refractivity contribution < 1.29 is 19.5 Å². The van der Waals surface area contributed by atoms with Crippen molar-refractivity contribution in [3.05, 3.63) is 65.2 Å². The van der Waals surface area contributed by atoms with E-state index in [0.717, 1.165) is 61.0 Å². The number of carbonyl (C=O) groups is 1. The van der Waals surface area contributed by atoms with Gasteiger partial charge in [-0.05, 0) is 63.2 Å². The first-order valence-corrected chi connectivity index (χ1v) is 12.2. The van der Waals surface area contributed by atoms with E-state index in [1.807, 2.05) is 56.3 Å². The van der Waals surface area contributed by atoms with Crippen LogP contribution in [0.3, 0.4) is 0 Å². The molecule has 0 bridgehead atoms. The molecule has 33 heavy (non-hydrogen) atoms. The zero-order chi connectivity index (χ0) is 23.2.